The highest BCUT2D eigenvalue weighted by atomic mass is 16.3. The van der Waals surface area contributed by atoms with E-state index in [1.54, 1.807) is 34.3 Å². The summed E-state index contributed by atoms with van der Waals surface area (Å²) < 4.78 is 0. The van der Waals surface area contributed by atoms with Gasteiger partial charge in [-0.05, 0) is 35.9 Å². The van der Waals surface area contributed by atoms with Gasteiger partial charge in [-0.3, -0.25) is 9.78 Å². The zero-order valence-electron chi connectivity index (χ0n) is 16.8. The maximum Gasteiger partial charge on any atom is 0.322 e. The number of hydrogen-bond acceptors (Lipinski definition) is 4. The topological polar surface area (TPSA) is 85.8 Å². The Bertz CT molecular complexity index is 1110. The number of aromatic nitrogens is 1. The minimum Gasteiger partial charge on any atom is -0.394 e. The molecule has 31 heavy (non-hydrogen) atoms. The van der Waals surface area contributed by atoms with Crippen molar-refractivity contribution in [2.45, 2.75) is 18.0 Å². The Kier molecular flexibility index (Phi) is 4.88. The van der Waals surface area contributed by atoms with E-state index in [-0.39, 0.29) is 36.5 Å². The Morgan fingerprint density at radius 2 is 1.81 bits per heavy atom. The number of carbonyl (C=O) groups is 2. The fourth-order valence-electron chi connectivity index (χ4n) is 4.71. The number of benzene rings is 2. The fourth-order valence-corrected chi connectivity index (χ4v) is 4.71. The second-order valence-electron chi connectivity index (χ2n) is 7.76. The molecule has 0 saturated carbocycles. The van der Waals surface area contributed by atoms with Gasteiger partial charge in [0.1, 0.15) is 0 Å². The molecular formula is C24H22N4O3. The Morgan fingerprint density at radius 1 is 1.03 bits per heavy atom. The summed E-state index contributed by atoms with van der Waals surface area (Å²) in [6.07, 6.45) is 3.18. The van der Waals surface area contributed by atoms with Crippen molar-refractivity contribution < 1.29 is 14.7 Å². The first kappa shape index (κ1) is 19.3. The number of para-hydroxylation sites is 2. The molecule has 7 nitrogen and oxygen atoms in total. The van der Waals surface area contributed by atoms with Crippen molar-refractivity contribution in [2.24, 2.45) is 0 Å². The van der Waals surface area contributed by atoms with Crippen LogP contribution in [0, 0.1) is 0 Å². The van der Waals surface area contributed by atoms with Crippen molar-refractivity contribution in [1.82, 2.24) is 9.88 Å². The van der Waals surface area contributed by atoms with E-state index < -0.39 is 0 Å². The number of fused-ring (bicyclic) bond motifs is 3. The summed E-state index contributed by atoms with van der Waals surface area (Å²) in [6, 6.07) is 19.6. The second-order valence-corrected chi connectivity index (χ2v) is 7.76. The standard InChI is InChI=1S/C24H22N4O3/c29-15-21-22-18-10-4-5-11-19(18)27(23(30)16-7-6-12-25-13-16)14-20(22)28(21)24(31)26-17-8-2-1-3-9-17/h1-13,20-22,29H,14-15H2,(H,26,31)/t20-,21+,22+/m0/s1. The molecule has 7 heteroatoms. The highest BCUT2D eigenvalue weighted by molar-refractivity contribution is 6.07. The van der Waals surface area contributed by atoms with E-state index >= 15 is 0 Å². The van der Waals surface area contributed by atoms with Gasteiger partial charge in [-0.25, -0.2) is 4.79 Å². The van der Waals surface area contributed by atoms with Crippen LogP contribution >= 0.6 is 0 Å². The average Bonchev–Trinajstić information content (AvgIpc) is 2.80. The fraction of sp³-hybridized carbons (Fsp3) is 0.208. The maximum absolute atomic E-state index is 13.3. The minimum atomic E-state index is -0.342. The number of aliphatic hydroxyl groups excluding tert-OH is 1. The largest absolute Gasteiger partial charge is 0.394 e. The number of nitrogens with one attached hydrogen (secondary N) is 1. The first-order valence-corrected chi connectivity index (χ1v) is 10.2. The molecule has 1 fully saturated rings. The van der Waals surface area contributed by atoms with E-state index in [1.807, 2.05) is 54.6 Å². The third-order valence-corrected chi connectivity index (χ3v) is 6.10. The molecule has 0 bridgehead atoms. The summed E-state index contributed by atoms with van der Waals surface area (Å²) in [6.45, 7) is 0.211. The van der Waals surface area contributed by atoms with E-state index in [0.717, 1.165) is 11.3 Å². The first-order chi connectivity index (χ1) is 15.2. The Morgan fingerprint density at radius 3 is 2.55 bits per heavy atom. The summed E-state index contributed by atoms with van der Waals surface area (Å²) in [4.78, 5) is 33.8. The van der Waals surface area contributed by atoms with Crippen LogP contribution in [0.2, 0.25) is 0 Å². The first-order valence-electron chi connectivity index (χ1n) is 10.2. The van der Waals surface area contributed by atoms with Gasteiger partial charge in [0.2, 0.25) is 0 Å². The van der Waals surface area contributed by atoms with Crippen LogP contribution < -0.4 is 10.2 Å². The summed E-state index contributed by atoms with van der Waals surface area (Å²) in [7, 11) is 0. The molecule has 0 aliphatic carbocycles. The molecule has 3 heterocycles. The monoisotopic (exact) mass is 414 g/mol. The van der Waals surface area contributed by atoms with Crippen LogP contribution in [0.4, 0.5) is 16.2 Å². The van der Waals surface area contributed by atoms with E-state index in [9.17, 15) is 14.7 Å². The van der Waals surface area contributed by atoms with Crippen LogP contribution in [-0.4, -0.2) is 52.2 Å². The van der Waals surface area contributed by atoms with Crippen molar-refractivity contribution in [2.75, 3.05) is 23.4 Å². The lowest BCUT2D eigenvalue weighted by atomic mass is 9.72. The highest BCUT2D eigenvalue weighted by Crippen LogP contribution is 2.48. The number of amides is 3. The van der Waals surface area contributed by atoms with E-state index in [4.69, 9.17) is 0 Å². The SMILES string of the molecule is O=C(c1cccnc1)N1C[C@H]2[C@@H](c3ccccc31)[C@@H](CO)N2C(=O)Nc1ccccc1. The summed E-state index contributed by atoms with van der Waals surface area (Å²) >= 11 is 0. The van der Waals surface area contributed by atoms with Gasteiger partial charge in [-0.1, -0.05) is 36.4 Å². The number of urea groups is 1. The summed E-state index contributed by atoms with van der Waals surface area (Å²) in [5, 5.41) is 13.0. The van der Waals surface area contributed by atoms with Gasteiger partial charge in [-0.15, -0.1) is 0 Å². The van der Waals surface area contributed by atoms with Gasteiger partial charge >= 0.3 is 6.03 Å². The van der Waals surface area contributed by atoms with E-state index in [2.05, 4.69) is 10.3 Å². The van der Waals surface area contributed by atoms with E-state index in [1.165, 1.54) is 0 Å². The van der Waals surface area contributed by atoms with Gasteiger partial charge in [-0.2, -0.15) is 0 Å². The Labute approximate surface area is 179 Å². The molecule has 1 aromatic heterocycles. The number of likely N-dealkylation sites (tertiary alicyclic amines) is 1. The molecule has 2 aliphatic rings. The second kappa shape index (κ2) is 7.85. The summed E-state index contributed by atoms with van der Waals surface area (Å²) in [5.41, 5.74) is 2.97. The van der Waals surface area contributed by atoms with Crippen LogP contribution in [0.25, 0.3) is 0 Å². The minimum absolute atomic E-state index is 0.0272. The van der Waals surface area contributed by atoms with Crippen molar-refractivity contribution in [3.05, 3.63) is 90.3 Å². The van der Waals surface area contributed by atoms with Crippen LogP contribution in [0.3, 0.4) is 0 Å². The molecule has 156 valence electrons. The number of hydrogen-bond donors (Lipinski definition) is 2. The Balaban J connectivity index is 1.47. The molecule has 0 radical (unpaired) electrons. The predicted molar refractivity (Wildman–Crippen MR) is 117 cm³/mol. The van der Waals surface area contributed by atoms with Crippen molar-refractivity contribution in [3.63, 3.8) is 0 Å². The molecule has 3 amide bonds. The van der Waals surface area contributed by atoms with Gasteiger partial charge in [0.25, 0.3) is 5.91 Å². The lowest BCUT2D eigenvalue weighted by Crippen LogP contribution is -2.71. The number of aliphatic hydroxyl groups is 1. The van der Waals surface area contributed by atoms with Crippen LogP contribution in [0.1, 0.15) is 21.8 Å². The van der Waals surface area contributed by atoms with Crippen LogP contribution in [0.5, 0.6) is 0 Å². The third kappa shape index (κ3) is 3.23. The van der Waals surface area contributed by atoms with Gasteiger partial charge < -0.3 is 20.2 Å². The lowest BCUT2D eigenvalue weighted by molar-refractivity contribution is -0.00265. The quantitative estimate of drug-likeness (QED) is 0.690. The maximum atomic E-state index is 13.3. The smallest absolute Gasteiger partial charge is 0.322 e. The van der Waals surface area contributed by atoms with Gasteiger partial charge in [0.05, 0.1) is 24.3 Å². The van der Waals surface area contributed by atoms with E-state index in [0.29, 0.717) is 17.8 Å². The molecule has 1 saturated heterocycles. The molecule has 2 aromatic carbocycles. The van der Waals surface area contributed by atoms with Gasteiger partial charge in [0, 0.05) is 36.2 Å². The van der Waals surface area contributed by atoms with Crippen molar-refractivity contribution in [3.8, 4) is 0 Å². The normalized spacial score (nSPS) is 21.5. The Hall–Kier alpha value is -3.71. The highest BCUT2D eigenvalue weighted by Gasteiger charge is 2.55. The predicted octanol–water partition coefficient (Wildman–Crippen LogP) is 3.10. The van der Waals surface area contributed by atoms with Crippen LogP contribution in [0.15, 0.2) is 79.1 Å². The average molecular weight is 414 g/mol. The van der Waals surface area contributed by atoms with Crippen LogP contribution in [-0.2, 0) is 0 Å². The number of rotatable bonds is 3. The van der Waals surface area contributed by atoms with Gasteiger partial charge in [0.15, 0.2) is 0 Å². The molecule has 3 atom stereocenters. The molecule has 2 N–H and O–H groups in total. The number of anilines is 2. The summed E-state index contributed by atoms with van der Waals surface area (Å²) in [5.74, 6) is -0.185. The molecule has 0 spiro atoms. The molecule has 5 rings (SSSR count). The van der Waals surface area contributed by atoms with Crippen molar-refractivity contribution in [1.29, 1.82) is 0 Å². The molecule has 0 unspecified atom stereocenters. The number of pyridine rings is 1. The number of nitrogens with zero attached hydrogens (tertiary/aromatic N) is 3. The zero-order chi connectivity index (χ0) is 21.4. The lowest BCUT2D eigenvalue weighted by Gasteiger charge is -2.58. The van der Waals surface area contributed by atoms with Crippen molar-refractivity contribution >= 4 is 23.3 Å². The number of carbonyl (C=O) groups excluding carboxylic acids is 2. The zero-order valence-corrected chi connectivity index (χ0v) is 16.8. The molecule has 2 aliphatic heterocycles. The third-order valence-electron chi connectivity index (χ3n) is 6.10. The molecule has 3 aromatic rings. The molecular weight excluding hydrogens is 392 g/mol.